The Bertz CT molecular complexity index is 2320. The summed E-state index contributed by atoms with van der Waals surface area (Å²) in [4.78, 5) is 102. The van der Waals surface area contributed by atoms with E-state index in [4.69, 9.17) is 11.5 Å². The number of H-pyrrole nitrogens is 1. The Labute approximate surface area is 365 Å². The summed E-state index contributed by atoms with van der Waals surface area (Å²) in [6, 6.07) is 21.5. The van der Waals surface area contributed by atoms with Gasteiger partial charge in [0.15, 0.2) is 0 Å². The Hall–Kier alpha value is -7.20. The van der Waals surface area contributed by atoms with Gasteiger partial charge in [0.1, 0.15) is 30.5 Å². The maximum absolute atomic E-state index is 14.6. The molecule has 63 heavy (non-hydrogen) atoms. The van der Waals surface area contributed by atoms with Crippen molar-refractivity contribution in [1.29, 1.82) is 0 Å². The molecule has 0 aliphatic rings. The zero-order valence-corrected chi connectivity index (χ0v) is 35.3. The average Bonchev–Trinajstić information content (AvgIpc) is 3.68. The smallest absolute Gasteiger partial charge is 0.243 e. The fourth-order valence-corrected chi connectivity index (χ4v) is 7.16. The van der Waals surface area contributed by atoms with Crippen LogP contribution in [0, 0.1) is 5.92 Å². The lowest BCUT2D eigenvalue weighted by molar-refractivity contribution is -0.135. The van der Waals surface area contributed by atoms with Gasteiger partial charge in [0.2, 0.25) is 35.4 Å². The third kappa shape index (κ3) is 14.5. The second kappa shape index (κ2) is 23.1. The standard InChI is InChI=1S/C47H55N9O7/c1-29(2)20-34(28-57)52-44(60)39(23-32-16-11-19-50-26-32)55-45(61)38(22-31-14-7-4-8-15-31)54-46(62)40(24-33-27-51-37-18-10-9-17-35(33)37)56-47(63)41(25-42(49)58)53-43(59)36(48)21-30-12-5-3-6-13-30/h3-19,26-29,34,36,38-41,51H,20-25,48H2,1-2H3,(H2,49,58)(H,52,60)(H,53,59)(H,54,62)(H,55,61)(H,56,63)/t34-,36+,38-,39+,40+,41-/m0/s1. The molecule has 0 saturated heterocycles. The van der Waals surface area contributed by atoms with Crippen molar-refractivity contribution in [3.05, 3.63) is 138 Å². The maximum atomic E-state index is 14.6. The van der Waals surface area contributed by atoms with E-state index in [1.165, 1.54) is 0 Å². The first kappa shape index (κ1) is 46.9. The quantitative estimate of drug-likeness (QED) is 0.0444. The number of rotatable bonds is 23. The summed E-state index contributed by atoms with van der Waals surface area (Å²) in [6.45, 7) is 3.83. The highest BCUT2D eigenvalue weighted by atomic mass is 16.2. The van der Waals surface area contributed by atoms with Crippen LogP contribution in [0.2, 0.25) is 0 Å². The van der Waals surface area contributed by atoms with E-state index in [2.05, 4.69) is 36.6 Å². The molecule has 2 aromatic heterocycles. The molecule has 10 N–H and O–H groups in total. The van der Waals surface area contributed by atoms with Gasteiger partial charge in [-0.25, -0.2) is 0 Å². The van der Waals surface area contributed by atoms with E-state index in [0.717, 1.165) is 16.5 Å². The topological polar surface area (TPSA) is 260 Å². The number of aromatic amines is 1. The van der Waals surface area contributed by atoms with Crippen LogP contribution in [0.4, 0.5) is 0 Å². The van der Waals surface area contributed by atoms with Crippen molar-refractivity contribution in [3.63, 3.8) is 0 Å². The van der Waals surface area contributed by atoms with E-state index >= 15 is 0 Å². The van der Waals surface area contributed by atoms with E-state index < -0.39 is 78.1 Å². The molecule has 0 bridgehead atoms. The van der Waals surface area contributed by atoms with E-state index in [1.807, 2.05) is 44.2 Å². The van der Waals surface area contributed by atoms with Gasteiger partial charge in [-0.05, 0) is 53.1 Å². The number of fused-ring (bicyclic) bond motifs is 1. The lowest BCUT2D eigenvalue weighted by atomic mass is 10.00. The van der Waals surface area contributed by atoms with Gasteiger partial charge < -0.3 is 47.8 Å². The summed E-state index contributed by atoms with van der Waals surface area (Å²) in [6.07, 6.45) is 5.33. The number of hydrogen-bond donors (Lipinski definition) is 8. The van der Waals surface area contributed by atoms with Crippen LogP contribution >= 0.6 is 0 Å². The first-order chi connectivity index (χ1) is 30.3. The largest absolute Gasteiger partial charge is 0.370 e. The van der Waals surface area contributed by atoms with Crippen LogP contribution in [0.25, 0.3) is 10.9 Å². The zero-order chi connectivity index (χ0) is 45.3. The molecule has 5 aromatic rings. The van der Waals surface area contributed by atoms with Crippen LogP contribution < -0.4 is 38.1 Å². The third-order valence-electron chi connectivity index (χ3n) is 10.3. The van der Waals surface area contributed by atoms with Gasteiger partial charge in [0.05, 0.1) is 18.5 Å². The molecule has 6 amide bonds. The number of aldehydes is 1. The second-order valence-electron chi connectivity index (χ2n) is 15.9. The molecule has 2 heterocycles. The van der Waals surface area contributed by atoms with Crippen molar-refractivity contribution >= 4 is 52.6 Å². The first-order valence-electron chi connectivity index (χ1n) is 20.8. The monoisotopic (exact) mass is 857 g/mol. The molecule has 0 saturated carbocycles. The van der Waals surface area contributed by atoms with Crippen molar-refractivity contribution in [3.8, 4) is 0 Å². The van der Waals surface area contributed by atoms with Crippen molar-refractivity contribution in [2.45, 2.75) is 88.6 Å². The number of para-hydroxylation sites is 1. The maximum Gasteiger partial charge on any atom is 0.243 e. The summed E-state index contributed by atoms with van der Waals surface area (Å²) >= 11 is 0. The molecule has 3 aromatic carbocycles. The number of amides is 6. The minimum atomic E-state index is -1.50. The first-order valence-corrected chi connectivity index (χ1v) is 20.8. The van der Waals surface area contributed by atoms with Gasteiger partial charge in [-0.15, -0.1) is 0 Å². The summed E-state index contributed by atoms with van der Waals surface area (Å²) in [5.74, 6) is -4.51. The molecule has 0 spiro atoms. The van der Waals surface area contributed by atoms with Crippen LogP contribution in [0.3, 0.4) is 0 Å². The molecule has 0 radical (unpaired) electrons. The van der Waals surface area contributed by atoms with Crippen molar-refractivity contribution < 1.29 is 33.6 Å². The average molecular weight is 858 g/mol. The van der Waals surface area contributed by atoms with Gasteiger partial charge >= 0.3 is 0 Å². The number of aromatic nitrogens is 2. The molecule has 5 rings (SSSR count). The Balaban J connectivity index is 1.43. The number of nitrogens with two attached hydrogens (primary N) is 2. The number of carbonyl (C=O) groups is 7. The number of nitrogens with one attached hydrogen (secondary N) is 6. The second-order valence-corrected chi connectivity index (χ2v) is 15.9. The molecule has 330 valence electrons. The van der Waals surface area contributed by atoms with Crippen molar-refractivity contribution in [2.24, 2.45) is 17.4 Å². The molecular formula is C47H55N9O7. The van der Waals surface area contributed by atoms with Gasteiger partial charge in [0, 0.05) is 48.8 Å². The molecule has 16 heteroatoms. The number of hydrogen-bond acceptors (Lipinski definition) is 9. The van der Waals surface area contributed by atoms with E-state index in [0.29, 0.717) is 29.4 Å². The molecule has 0 aliphatic carbocycles. The lowest BCUT2D eigenvalue weighted by Crippen LogP contribution is -2.60. The lowest BCUT2D eigenvalue weighted by Gasteiger charge is -2.27. The van der Waals surface area contributed by atoms with Crippen molar-refractivity contribution in [1.82, 2.24) is 36.6 Å². The predicted octanol–water partition coefficient (Wildman–Crippen LogP) is 1.71. The molecule has 0 aliphatic heterocycles. The fraction of sp³-hybridized carbons (Fsp3) is 0.319. The highest BCUT2D eigenvalue weighted by Gasteiger charge is 2.34. The summed E-state index contributed by atoms with van der Waals surface area (Å²) in [7, 11) is 0. The summed E-state index contributed by atoms with van der Waals surface area (Å²) in [5.41, 5.74) is 15.2. The third-order valence-corrected chi connectivity index (χ3v) is 10.3. The molecule has 6 atom stereocenters. The highest BCUT2D eigenvalue weighted by molar-refractivity contribution is 5.98. The predicted molar refractivity (Wildman–Crippen MR) is 237 cm³/mol. The molecule has 0 fully saturated rings. The fourth-order valence-electron chi connectivity index (χ4n) is 7.16. The Morgan fingerprint density at radius 1 is 0.619 bits per heavy atom. The van der Waals surface area contributed by atoms with Gasteiger partial charge in [-0.2, -0.15) is 0 Å². The highest BCUT2D eigenvalue weighted by Crippen LogP contribution is 2.20. The summed E-state index contributed by atoms with van der Waals surface area (Å²) < 4.78 is 0. The van der Waals surface area contributed by atoms with Gasteiger partial charge in [0.25, 0.3) is 0 Å². The van der Waals surface area contributed by atoms with Crippen LogP contribution in [-0.2, 0) is 59.2 Å². The van der Waals surface area contributed by atoms with E-state index in [-0.39, 0.29) is 31.6 Å². The van der Waals surface area contributed by atoms with Gasteiger partial charge in [-0.3, -0.25) is 33.8 Å². The number of carbonyl (C=O) groups excluding carboxylic acids is 7. The number of pyridine rings is 1. The zero-order valence-electron chi connectivity index (χ0n) is 35.3. The normalized spacial score (nSPS) is 14.0. The van der Waals surface area contributed by atoms with Crippen LogP contribution in [0.5, 0.6) is 0 Å². The molecular weight excluding hydrogens is 803 g/mol. The SMILES string of the molecule is CC(C)C[C@@H](C=O)NC(=O)[C@@H](Cc1cccnc1)NC(=O)[C@H](Cc1ccccc1)NC(=O)[C@@H](Cc1c[nH]c2ccccc12)NC(=O)[C@H](CC(N)=O)NC(=O)[C@H](N)Cc1ccccc1. The van der Waals surface area contributed by atoms with Gasteiger partial charge in [-0.1, -0.05) is 98.8 Å². The van der Waals surface area contributed by atoms with E-state index in [1.54, 1.807) is 85.3 Å². The minimum Gasteiger partial charge on any atom is -0.370 e. The Morgan fingerprint density at radius 3 is 1.70 bits per heavy atom. The van der Waals surface area contributed by atoms with Crippen molar-refractivity contribution in [2.75, 3.05) is 0 Å². The van der Waals surface area contributed by atoms with E-state index in [9.17, 15) is 33.6 Å². The molecule has 0 unspecified atom stereocenters. The molecule has 16 nitrogen and oxygen atoms in total. The number of benzene rings is 3. The Kier molecular flexibility index (Phi) is 17.2. The van der Waals surface area contributed by atoms with Crippen LogP contribution in [-0.4, -0.2) is 87.9 Å². The Morgan fingerprint density at radius 2 is 1.13 bits per heavy atom. The summed E-state index contributed by atoms with van der Waals surface area (Å²) in [5, 5.41) is 14.3. The number of primary amides is 1. The van der Waals surface area contributed by atoms with Crippen LogP contribution in [0.1, 0.15) is 48.9 Å². The minimum absolute atomic E-state index is 0.0165. The van der Waals surface area contributed by atoms with Crippen LogP contribution in [0.15, 0.2) is 116 Å². The number of nitrogens with zero attached hydrogens (tertiary/aromatic N) is 1.